The van der Waals surface area contributed by atoms with Crippen molar-refractivity contribution in [2.24, 2.45) is 5.73 Å². The Hall–Kier alpha value is -2.20. The quantitative estimate of drug-likeness (QED) is 0.762. The van der Waals surface area contributed by atoms with Crippen LogP contribution in [0.5, 0.6) is 0 Å². The number of nitrogens with two attached hydrogens (primary N) is 1. The largest absolute Gasteiger partial charge is 0.459 e. The predicted octanol–water partition coefficient (Wildman–Crippen LogP) is 2.89. The van der Waals surface area contributed by atoms with Crippen LogP contribution < -0.4 is 5.73 Å². The van der Waals surface area contributed by atoms with Crippen LogP contribution in [0.3, 0.4) is 0 Å². The van der Waals surface area contributed by atoms with Gasteiger partial charge in [0, 0.05) is 11.6 Å². The maximum atomic E-state index is 6.22. The Morgan fingerprint density at radius 3 is 2.79 bits per heavy atom. The molecule has 0 aliphatic heterocycles. The maximum absolute atomic E-state index is 6.22. The summed E-state index contributed by atoms with van der Waals surface area (Å²) < 4.78 is 5.87. The fraction of sp³-hybridized carbons (Fsp3) is 0.200. The van der Waals surface area contributed by atoms with Crippen molar-refractivity contribution in [3.05, 3.63) is 59.4 Å². The monoisotopic (exact) mass is 253 g/mol. The van der Waals surface area contributed by atoms with Crippen molar-refractivity contribution in [3.63, 3.8) is 0 Å². The number of nitrogens with zero attached hydrogens (tertiary/aromatic N) is 2. The van der Waals surface area contributed by atoms with E-state index < -0.39 is 0 Å². The van der Waals surface area contributed by atoms with Crippen LogP contribution in [0.25, 0.3) is 11.0 Å². The Kier molecular flexibility index (Phi) is 2.80. The fourth-order valence-corrected chi connectivity index (χ4v) is 2.18. The lowest BCUT2D eigenvalue weighted by Crippen LogP contribution is -2.13. The van der Waals surface area contributed by atoms with Gasteiger partial charge in [-0.2, -0.15) is 0 Å². The third kappa shape index (κ3) is 2.11. The van der Waals surface area contributed by atoms with Crippen LogP contribution >= 0.6 is 0 Å². The van der Waals surface area contributed by atoms with Crippen molar-refractivity contribution in [2.45, 2.75) is 19.9 Å². The molecule has 1 aromatic carbocycles. The van der Waals surface area contributed by atoms with Gasteiger partial charge in [0.1, 0.15) is 23.2 Å². The highest BCUT2D eigenvalue weighted by atomic mass is 16.3. The van der Waals surface area contributed by atoms with Crippen LogP contribution in [0.4, 0.5) is 0 Å². The summed E-state index contributed by atoms with van der Waals surface area (Å²) in [6.45, 7) is 3.87. The van der Waals surface area contributed by atoms with Crippen LogP contribution in [0.2, 0.25) is 0 Å². The van der Waals surface area contributed by atoms with E-state index in [1.165, 1.54) is 0 Å². The van der Waals surface area contributed by atoms with E-state index in [0.29, 0.717) is 5.82 Å². The summed E-state index contributed by atoms with van der Waals surface area (Å²) in [6.07, 6.45) is 1.71. The van der Waals surface area contributed by atoms with Gasteiger partial charge >= 0.3 is 0 Å². The third-order valence-corrected chi connectivity index (χ3v) is 3.18. The van der Waals surface area contributed by atoms with E-state index in [1.807, 2.05) is 44.2 Å². The first kappa shape index (κ1) is 11.9. The molecule has 1 unspecified atom stereocenters. The smallest absolute Gasteiger partial charge is 0.137 e. The molecule has 0 amide bonds. The first-order valence-corrected chi connectivity index (χ1v) is 6.19. The molecule has 0 spiro atoms. The average Bonchev–Trinajstić information content (AvgIpc) is 2.83. The zero-order valence-electron chi connectivity index (χ0n) is 10.9. The summed E-state index contributed by atoms with van der Waals surface area (Å²) in [5, 5.41) is 1.07. The number of aromatic nitrogens is 2. The van der Waals surface area contributed by atoms with Gasteiger partial charge in [0.15, 0.2) is 0 Å². The number of hydrogen-bond donors (Lipinski definition) is 1. The molecule has 0 saturated heterocycles. The van der Waals surface area contributed by atoms with E-state index in [0.717, 1.165) is 28.0 Å². The maximum Gasteiger partial charge on any atom is 0.137 e. The summed E-state index contributed by atoms with van der Waals surface area (Å²) >= 11 is 0. The Morgan fingerprint density at radius 2 is 2.05 bits per heavy atom. The van der Waals surface area contributed by atoms with Crippen molar-refractivity contribution < 1.29 is 4.42 Å². The molecule has 4 heteroatoms. The van der Waals surface area contributed by atoms with Crippen LogP contribution in [0.15, 0.2) is 40.9 Å². The minimum absolute atomic E-state index is 0.367. The Bertz CT molecular complexity index is 733. The molecule has 19 heavy (non-hydrogen) atoms. The van der Waals surface area contributed by atoms with Crippen LogP contribution in [-0.2, 0) is 0 Å². The normalized spacial score (nSPS) is 12.8. The molecule has 1 atom stereocenters. The molecule has 3 aromatic rings. The van der Waals surface area contributed by atoms with Gasteiger partial charge in [-0.05, 0) is 31.5 Å². The molecular weight excluding hydrogens is 238 g/mol. The zero-order valence-corrected chi connectivity index (χ0v) is 10.9. The molecule has 2 heterocycles. The Morgan fingerprint density at radius 1 is 1.21 bits per heavy atom. The molecule has 2 N–H and O–H groups in total. The fourth-order valence-electron chi connectivity index (χ4n) is 2.18. The van der Waals surface area contributed by atoms with E-state index >= 15 is 0 Å². The molecule has 4 nitrogen and oxygen atoms in total. The third-order valence-electron chi connectivity index (χ3n) is 3.18. The topological polar surface area (TPSA) is 64.9 Å². The molecular formula is C15H15N3O. The summed E-state index contributed by atoms with van der Waals surface area (Å²) in [5.74, 6) is 1.43. The van der Waals surface area contributed by atoms with Crippen LogP contribution in [-0.4, -0.2) is 9.97 Å². The van der Waals surface area contributed by atoms with Gasteiger partial charge in [0.25, 0.3) is 0 Å². The highest BCUT2D eigenvalue weighted by Crippen LogP contribution is 2.27. The first-order chi connectivity index (χ1) is 9.15. The minimum Gasteiger partial charge on any atom is -0.459 e. The van der Waals surface area contributed by atoms with Gasteiger partial charge in [0.05, 0.1) is 5.69 Å². The second kappa shape index (κ2) is 4.48. The van der Waals surface area contributed by atoms with E-state index in [1.54, 1.807) is 6.20 Å². The summed E-state index contributed by atoms with van der Waals surface area (Å²) in [6, 6.07) is 9.48. The van der Waals surface area contributed by atoms with E-state index in [-0.39, 0.29) is 6.04 Å². The highest BCUT2D eigenvalue weighted by molar-refractivity contribution is 5.81. The molecule has 0 aliphatic carbocycles. The number of para-hydroxylation sites is 1. The van der Waals surface area contributed by atoms with Gasteiger partial charge in [0.2, 0.25) is 0 Å². The summed E-state index contributed by atoms with van der Waals surface area (Å²) in [7, 11) is 0. The molecule has 0 saturated carbocycles. The van der Waals surface area contributed by atoms with Crippen molar-refractivity contribution in [1.29, 1.82) is 0 Å². The van der Waals surface area contributed by atoms with Crippen LogP contribution in [0.1, 0.15) is 28.9 Å². The van der Waals surface area contributed by atoms with Crippen LogP contribution in [0, 0.1) is 13.8 Å². The number of fused-ring (bicyclic) bond motifs is 1. The number of hydrogen-bond acceptors (Lipinski definition) is 4. The molecule has 0 radical (unpaired) electrons. The standard InChI is InChI=1S/C15H15N3O/c1-9-4-3-5-11-8-13(19-15(9)11)14(16)12-6-7-17-10(2)18-12/h3-8,14H,16H2,1-2H3. The summed E-state index contributed by atoms with van der Waals surface area (Å²) in [5.41, 5.74) is 8.98. The number of aryl methyl sites for hydroxylation is 2. The van der Waals surface area contributed by atoms with Gasteiger partial charge in [-0.1, -0.05) is 18.2 Å². The van der Waals surface area contributed by atoms with Gasteiger partial charge in [-0.25, -0.2) is 9.97 Å². The lowest BCUT2D eigenvalue weighted by molar-refractivity contribution is 0.518. The minimum atomic E-state index is -0.367. The van der Waals surface area contributed by atoms with E-state index in [9.17, 15) is 0 Å². The van der Waals surface area contributed by atoms with Gasteiger partial charge in [-0.15, -0.1) is 0 Å². The number of furan rings is 1. The first-order valence-electron chi connectivity index (χ1n) is 6.19. The average molecular weight is 253 g/mol. The van der Waals surface area contributed by atoms with Crippen molar-refractivity contribution >= 4 is 11.0 Å². The van der Waals surface area contributed by atoms with Crippen molar-refractivity contribution in [2.75, 3.05) is 0 Å². The molecule has 2 aromatic heterocycles. The van der Waals surface area contributed by atoms with E-state index in [4.69, 9.17) is 10.2 Å². The lowest BCUT2D eigenvalue weighted by atomic mass is 10.1. The molecule has 96 valence electrons. The Balaban J connectivity index is 2.06. The molecule has 0 aliphatic rings. The van der Waals surface area contributed by atoms with Gasteiger partial charge < -0.3 is 10.2 Å². The van der Waals surface area contributed by atoms with Gasteiger partial charge in [-0.3, -0.25) is 0 Å². The SMILES string of the molecule is Cc1nccc(C(N)c2cc3cccc(C)c3o2)n1. The Labute approximate surface area is 111 Å². The number of rotatable bonds is 2. The highest BCUT2D eigenvalue weighted by Gasteiger charge is 2.16. The van der Waals surface area contributed by atoms with Crippen molar-refractivity contribution in [3.8, 4) is 0 Å². The lowest BCUT2D eigenvalue weighted by Gasteiger charge is -2.07. The molecule has 3 rings (SSSR count). The number of benzene rings is 1. The summed E-state index contributed by atoms with van der Waals surface area (Å²) in [4.78, 5) is 8.42. The molecule has 0 bridgehead atoms. The molecule has 0 fully saturated rings. The van der Waals surface area contributed by atoms with E-state index in [2.05, 4.69) is 9.97 Å². The zero-order chi connectivity index (χ0) is 13.4. The predicted molar refractivity (Wildman–Crippen MR) is 73.8 cm³/mol. The second-order valence-electron chi connectivity index (χ2n) is 4.65. The van der Waals surface area contributed by atoms with Crippen molar-refractivity contribution in [1.82, 2.24) is 9.97 Å². The second-order valence-corrected chi connectivity index (χ2v) is 4.65.